The minimum Gasteiger partial charge on any atom is -0.472 e. The van der Waals surface area contributed by atoms with Gasteiger partial charge in [0.15, 0.2) is 5.78 Å². The van der Waals surface area contributed by atoms with Crippen LogP contribution in [-0.4, -0.2) is 11.5 Å². The summed E-state index contributed by atoms with van der Waals surface area (Å²) in [5, 5.41) is 0.373. The summed E-state index contributed by atoms with van der Waals surface area (Å²) in [5.74, 6) is -0.169. The Balaban J connectivity index is 2.58. The van der Waals surface area contributed by atoms with Crippen molar-refractivity contribution >= 4 is 34.2 Å². The van der Waals surface area contributed by atoms with Gasteiger partial charge in [0.1, 0.15) is 5.70 Å². The van der Waals surface area contributed by atoms with Crippen LogP contribution < -0.4 is 0 Å². The monoisotopic (exact) mass is 367 g/mol. The molecule has 0 aliphatic rings. The van der Waals surface area contributed by atoms with Gasteiger partial charge in [-0.25, -0.2) is 4.99 Å². The Morgan fingerprint density at radius 3 is 2.27 bits per heavy atom. The summed E-state index contributed by atoms with van der Waals surface area (Å²) in [6.07, 6.45) is 7.36. The highest BCUT2D eigenvalue weighted by Gasteiger charge is 2.12. The number of rotatable bonds is 6. The van der Waals surface area contributed by atoms with Crippen molar-refractivity contribution in [3.8, 4) is 0 Å². The average Bonchev–Trinajstić information content (AvgIpc) is 3.15. The van der Waals surface area contributed by atoms with E-state index in [2.05, 4.69) is 17.1 Å². The normalized spacial score (nSPS) is 14.3. The molecule has 0 atom stereocenters. The fourth-order valence-corrected chi connectivity index (χ4v) is 2.74. The molecule has 0 saturated carbocycles. The molecule has 1 aromatic carbocycles. The van der Waals surface area contributed by atoms with Crippen molar-refractivity contribution in [3.05, 3.63) is 82.9 Å². The molecular weight excluding hydrogens is 346 g/mol. The van der Waals surface area contributed by atoms with E-state index >= 15 is 0 Å². The van der Waals surface area contributed by atoms with Crippen molar-refractivity contribution in [1.29, 1.82) is 0 Å². The molecule has 1 heterocycles. The number of carbonyl (C=O) groups is 1. The van der Waals surface area contributed by atoms with Gasteiger partial charge in [-0.2, -0.15) is 0 Å². The predicted molar refractivity (Wildman–Crippen MR) is 109 cm³/mol. The van der Waals surface area contributed by atoms with Crippen LogP contribution in [0.4, 0.5) is 0 Å². The van der Waals surface area contributed by atoms with Crippen LogP contribution in [0.2, 0.25) is 0 Å². The molecule has 0 bridgehead atoms. The molecule has 2 aromatic rings. The zero-order valence-corrected chi connectivity index (χ0v) is 16.2. The summed E-state index contributed by atoms with van der Waals surface area (Å²) in [5.41, 5.74) is 4.85. The standard InChI is InChI=1S/C22H22ClNO2/c1-5-18(19-9-7-6-8-10-19)13-21(20-11-12-26-14-20)16(3)24-22(15(2)23)17(4)25/h5-14H,1-4H3/b18-5+,21-13+,22-15+,24-16+. The van der Waals surface area contributed by atoms with Crippen LogP contribution in [0.15, 0.2) is 81.2 Å². The molecule has 0 N–H and O–H groups in total. The minimum absolute atomic E-state index is 0.169. The second kappa shape index (κ2) is 9.16. The third-order valence-corrected chi connectivity index (χ3v) is 4.06. The zero-order chi connectivity index (χ0) is 19.1. The van der Waals surface area contributed by atoms with Crippen molar-refractivity contribution in [2.24, 2.45) is 4.99 Å². The number of hydrogen-bond acceptors (Lipinski definition) is 3. The maximum Gasteiger partial charge on any atom is 0.179 e. The van der Waals surface area contributed by atoms with Crippen molar-refractivity contribution in [2.75, 3.05) is 0 Å². The van der Waals surface area contributed by atoms with Gasteiger partial charge < -0.3 is 4.42 Å². The number of ketones is 1. The number of allylic oxidation sites excluding steroid dienone is 6. The molecule has 2 rings (SSSR count). The predicted octanol–water partition coefficient (Wildman–Crippen LogP) is 6.29. The molecule has 4 heteroatoms. The average molecular weight is 368 g/mol. The highest BCUT2D eigenvalue weighted by Crippen LogP contribution is 2.25. The Morgan fingerprint density at radius 2 is 1.77 bits per heavy atom. The highest BCUT2D eigenvalue weighted by molar-refractivity contribution is 6.32. The topological polar surface area (TPSA) is 42.6 Å². The lowest BCUT2D eigenvalue weighted by molar-refractivity contribution is -0.113. The van der Waals surface area contributed by atoms with Crippen LogP contribution in [0.25, 0.3) is 11.1 Å². The Hall–Kier alpha value is -2.65. The van der Waals surface area contributed by atoms with Gasteiger partial charge in [0.25, 0.3) is 0 Å². The molecule has 0 fully saturated rings. The van der Waals surface area contributed by atoms with Gasteiger partial charge in [-0.05, 0) is 44.1 Å². The second-order valence-corrected chi connectivity index (χ2v) is 6.38. The lowest BCUT2D eigenvalue weighted by atomic mass is 9.97. The third-order valence-electron chi connectivity index (χ3n) is 3.88. The van der Waals surface area contributed by atoms with E-state index < -0.39 is 0 Å². The Morgan fingerprint density at radius 1 is 1.08 bits per heavy atom. The lowest BCUT2D eigenvalue weighted by Crippen LogP contribution is -2.03. The first kappa shape index (κ1) is 19.7. The van der Waals surface area contributed by atoms with Crippen molar-refractivity contribution in [2.45, 2.75) is 27.7 Å². The number of aliphatic imine (C=N–C) groups is 1. The highest BCUT2D eigenvalue weighted by atomic mass is 35.5. The van der Waals surface area contributed by atoms with E-state index in [1.807, 2.05) is 50.3 Å². The number of Topliss-reactive ketones (excluding diaryl/α,β-unsaturated/α-hetero) is 1. The van der Waals surface area contributed by atoms with Gasteiger partial charge in [0, 0.05) is 28.8 Å². The van der Waals surface area contributed by atoms with Gasteiger partial charge in [0.05, 0.1) is 12.5 Å². The van der Waals surface area contributed by atoms with E-state index in [0.717, 1.165) is 22.3 Å². The summed E-state index contributed by atoms with van der Waals surface area (Å²) in [4.78, 5) is 16.3. The summed E-state index contributed by atoms with van der Waals surface area (Å²) < 4.78 is 5.25. The van der Waals surface area contributed by atoms with E-state index in [9.17, 15) is 4.79 Å². The summed E-state index contributed by atoms with van der Waals surface area (Å²) >= 11 is 6.04. The van der Waals surface area contributed by atoms with Gasteiger partial charge >= 0.3 is 0 Å². The molecule has 134 valence electrons. The molecule has 0 aliphatic heterocycles. The number of furan rings is 1. The van der Waals surface area contributed by atoms with E-state index in [4.69, 9.17) is 16.0 Å². The van der Waals surface area contributed by atoms with Crippen LogP contribution in [-0.2, 0) is 4.79 Å². The van der Waals surface area contributed by atoms with E-state index in [0.29, 0.717) is 10.7 Å². The van der Waals surface area contributed by atoms with E-state index in [-0.39, 0.29) is 11.5 Å². The first-order chi connectivity index (χ1) is 12.4. The molecule has 1 aromatic heterocycles. The largest absolute Gasteiger partial charge is 0.472 e. The van der Waals surface area contributed by atoms with E-state index in [1.165, 1.54) is 6.92 Å². The number of hydrogen-bond donors (Lipinski definition) is 0. The molecule has 0 radical (unpaired) electrons. The van der Waals surface area contributed by atoms with E-state index in [1.54, 1.807) is 19.5 Å². The molecule has 26 heavy (non-hydrogen) atoms. The van der Waals surface area contributed by atoms with Gasteiger partial charge in [-0.3, -0.25) is 4.79 Å². The Labute approximate surface area is 159 Å². The van der Waals surface area contributed by atoms with Gasteiger partial charge in [-0.15, -0.1) is 0 Å². The quantitative estimate of drug-likeness (QED) is 0.342. The molecule has 3 nitrogen and oxygen atoms in total. The number of halogens is 1. The summed E-state index contributed by atoms with van der Waals surface area (Å²) in [6, 6.07) is 12.0. The third kappa shape index (κ3) is 4.93. The first-order valence-corrected chi connectivity index (χ1v) is 8.70. The molecule has 0 amide bonds. The minimum atomic E-state index is -0.169. The van der Waals surface area contributed by atoms with Crippen LogP contribution in [0, 0.1) is 0 Å². The van der Waals surface area contributed by atoms with Crippen molar-refractivity contribution < 1.29 is 9.21 Å². The molecule has 0 aliphatic carbocycles. The van der Waals surface area contributed by atoms with Crippen molar-refractivity contribution in [3.63, 3.8) is 0 Å². The van der Waals surface area contributed by atoms with Crippen LogP contribution >= 0.6 is 11.6 Å². The number of nitrogens with zero attached hydrogens (tertiary/aromatic N) is 1. The van der Waals surface area contributed by atoms with Crippen LogP contribution in [0.5, 0.6) is 0 Å². The van der Waals surface area contributed by atoms with Crippen LogP contribution in [0.3, 0.4) is 0 Å². The molecule has 0 saturated heterocycles. The van der Waals surface area contributed by atoms with Crippen LogP contribution in [0.1, 0.15) is 38.8 Å². The maximum atomic E-state index is 11.8. The lowest BCUT2D eigenvalue weighted by Gasteiger charge is -2.09. The molecular formula is C22H22ClNO2. The molecule has 0 unspecified atom stereocenters. The van der Waals surface area contributed by atoms with Gasteiger partial charge in [0.2, 0.25) is 0 Å². The number of carbonyl (C=O) groups excluding carboxylic acids is 1. The summed E-state index contributed by atoms with van der Waals surface area (Å²) in [6.45, 7) is 6.97. The first-order valence-electron chi connectivity index (χ1n) is 8.33. The second-order valence-electron chi connectivity index (χ2n) is 5.82. The Kier molecular flexibility index (Phi) is 6.93. The summed E-state index contributed by atoms with van der Waals surface area (Å²) in [7, 11) is 0. The SMILES string of the molecule is C\C=C(/C=C(\C(C)=N\C(C(C)=O)=C(/C)Cl)c1ccoc1)c1ccccc1. The number of benzene rings is 1. The van der Waals surface area contributed by atoms with Gasteiger partial charge in [-0.1, -0.05) is 48.0 Å². The molecule has 0 spiro atoms. The smallest absolute Gasteiger partial charge is 0.179 e. The fourth-order valence-electron chi connectivity index (χ4n) is 2.56. The fraction of sp³-hybridized carbons (Fsp3) is 0.182. The maximum absolute atomic E-state index is 11.8. The van der Waals surface area contributed by atoms with Crippen molar-refractivity contribution in [1.82, 2.24) is 0 Å². The Bertz CT molecular complexity index is 881. The zero-order valence-electron chi connectivity index (χ0n) is 15.4.